The number of benzene rings is 1. The molecule has 0 saturated heterocycles. The van der Waals surface area contributed by atoms with Crippen molar-refractivity contribution in [3.05, 3.63) is 33.8 Å². The normalized spacial score (nSPS) is 12.0. The van der Waals surface area contributed by atoms with Crippen LogP contribution in [0.3, 0.4) is 0 Å². The van der Waals surface area contributed by atoms with E-state index in [0.717, 1.165) is 5.56 Å². The Kier molecular flexibility index (Phi) is 4.28. The lowest BCUT2D eigenvalue weighted by molar-refractivity contribution is -0.141. The highest BCUT2D eigenvalue weighted by molar-refractivity contribution is 9.10. The Bertz CT molecular complexity index is 459. The summed E-state index contributed by atoms with van der Waals surface area (Å²) >= 11 is 3.34. The van der Waals surface area contributed by atoms with E-state index in [1.54, 1.807) is 12.1 Å². The average Bonchev–Trinajstić information content (AvgIpc) is 2.29. The second-order valence-corrected chi connectivity index (χ2v) is 4.66. The molecule has 0 bridgehead atoms. The van der Waals surface area contributed by atoms with Crippen molar-refractivity contribution in [3.63, 3.8) is 0 Å². The van der Waals surface area contributed by atoms with Crippen LogP contribution in [0.4, 0.5) is 0 Å². The van der Waals surface area contributed by atoms with Gasteiger partial charge in [-0.3, -0.25) is 4.79 Å². The number of halogens is 1. The fourth-order valence-electron chi connectivity index (χ4n) is 1.34. The first-order chi connectivity index (χ1) is 7.86. The van der Waals surface area contributed by atoms with Crippen molar-refractivity contribution in [2.24, 2.45) is 0 Å². The van der Waals surface area contributed by atoms with Crippen LogP contribution < -0.4 is 0 Å². The van der Waals surface area contributed by atoms with Gasteiger partial charge < -0.3 is 10.0 Å². The summed E-state index contributed by atoms with van der Waals surface area (Å²) in [6, 6.07) is 4.47. The molecule has 1 N–H and O–H groups in total. The minimum atomic E-state index is -1.02. The number of rotatable bonds is 3. The van der Waals surface area contributed by atoms with E-state index in [1.807, 2.05) is 13.0 Å². The van der Waals surface area contributed by atoms with E-state index in [2.05, 4.69) is 15.9 Å². The number of carboxylic acid groups (broad SMARTS) is 1. The molecule has 0 aromatic heterocycles. The fraction of sp³-hybridized carbons (Fsp3) is 0.333. The zero-order valence-electron chi connectivity index (χ0n) is 9.90. The predicted molar refractivity (Wildman–Crippen MR) is 68.1 cm³/mol. The molecule has 0 radical (unpaired) electrons. The van der Waals surface area contributed by atoms with Crippen LogP contribution in [-0.4, -0.2) is 35.0 Å². The highest BCUT2D eigenvalue weighted by Gasteiger charge is 2.24. The molecule has 17 heavy (non-hydrogen) atoms. The fourth-order valence-corrected chi connectivity index (χ4v) is 1.78. The quantitative estimate of drug-likeness (QED) is 0.932. The van der Waals surface area contributed by atoms with Crippen molar-refractivity contribution in [3.8, 4) is 0 Å². The van der Waals surface area contributed by atoms with Crippen molar-refractivity contribution >= 4 is 27.8 Å². The second-order valence-electron chi connectivity index (χ2n) is 3.87. The Hall–Kier alpha value is -1.36. The summed E-state index contributed by atoms with van der Waals surface area (Å²) in [5.74, 6) is -1.33. The van der Waals surface area contributed by atoms with Crippen molar-refractivity contribution in [2.75, 3.05) is 7.05 Å². The van der Waals surface area contributed by atoms with Gasteiger partial charge in [0.25, 0.3) is 5.91 Å². The number of aryl methyl sites for hydroxylation is 1. The minimum Gasteiger partial charge on any atom is -0.480 e. The molecule has 1 atom stereocenters. The van der Waals surface area contributed by atoms with E-state index in [1.165, 1.54) is 18.9 Å². The van der Waals surface area contributed by atoms with E-state index in [9.17, 15) is 9.59 Å². The smallest absolute Gasteiger partial charge is 0.326 e. The number of aliphatic carboxylic acids is 1. The first-order valence-corrected chi connectivity index (χ1v) is 5.90. The summed E-state index contributed by atoms with van der Waals surface area (Å²) in [6.45, 7) is 3.35. The van der Waals surface area contributed by atoms with E-state index < -0.39 is 12.0 Å². The summed E-state index contributed by atoms with van der Waals surface area (Å²) in [5.41, 5.74) is 1.41. The molecule has 0 aliphatic heterocycles. The van der Waals surface area contributed by atoms with E-state index >= 15 is 0 Å². The molecule has 1 aromatic rings. The largest absolute Gasteiger partial charge is 0.480 e. The number of carboxylic acids is 1. The van der Waals surface area contributed by atoms with Crippen LogP contribution >= 0.6 is 15.9 Å². The highest BCUT2D eigenvalue weighted by atomic mass is 79.9. The number of likely N-dealkylation sites (N-methyl/N-ethyl adjacent to an activating group) is 1. The van der Waals surface area contributed by atoms with Crippen LogP contribution in [-0.2, 0) is 4.79 Å². The molecule has 1 aromatic carbocycles. The van der Waals surface area contributed by atoms with E-state index in [0.29, 0.717) is 10.0 Å². The van der Waals surface area contributed by atoms with Crippen molar-refractivity contribution in [1.29, 1.82) is 0 Å². The monoisotopic (exact) mass is 299 g/mol. The van der Waals surface area contributed by atoms with Gasteiger partial charge in [0.05, 0.1) is 5.56 Å². The van der Waals surface area contributed by atoms with Crippen LogP contribution in [0.25, 0.3) is 0 Å². The maximum atomic E-state index is 12.1. The van der Waals surface area contributed by atoms with Gasteiger partial charge in [0.2, 0.25) is 0 Å². The van der Waals surface area contributed by atoms with Gasteiger partial charge in [-0.05, 0) is 41.4 Å². The van der Waals surface area contributed by atoms with Gasteiger partial charge in [0, 0.05) is 11.5 Å². The third-order valence-electron chi connectivity index (χ3n) is 2.68. The van der Waals surface area contributed by atoms with E-state index in [-0.39, 0.29) is 5.91 Å². The van der Waals surface area contributed by atoms with Crippen LogP contribution in [0.2, 0.25) is 0 Å². The lowest BCUT2D eigenvalue weighted by Gasteiger charge is -2.22. The number of amides is 1. The first kappa shape index (κ1) is 13.7. The predicted octanol–water partition coefficient (Wildman–Crippen LogP) is 2.30. The summed E-state index contributed by atoms with van der Waals surface area (Å²) < 4.78 is 0.703. The molecule has 1 rings (SSSR count). The number of carbonyl (C=O) groups is 2. The van der Waals surface area contributed by atoms with Crippen molar-refractivity contribution in [1.82, 2.24) is 4.90 Å². The van der Waals surface area contributed by atoms with Crippen LogP contribution in [0.15, 0.2) is 22.7 Å². The molecule has 1 unspecified atom stereocenters. The summed E-state index contributed by atoms with van der Waals surface area (Å²) in [6.07, 6.45) is 0. The third kappa shape index (κ3) is 2.85. The van der Waals surface area contributed by atoms with Crippen molar-refractivity contribution in [2.45, 2.75) is 19.9 Å². The summed E-state index contributed by atoms with van der Waals surface area (Å²) in [4.78, 5) is 24.1. The SMILES string of the molecule is Cc1cccc(C(=O)N(C)C(C)C(=O)O)c1Br. The lowest BCUT2D eigenvalue weighted by atomic mass is 10.1. The molecule has 0 fully saturated rings. The molecule has 0 aliphatic carbocycles. The Morgan fingerprint density at radius 1 is 1.41 bits per heavy atom. The lowest BCUT2D eigenvalue weighted by Crippen LogP contribution is -2.40. The molecule has 5 heteroatoms. The Morgan fingerprint density at radius 2 is 2.00 bits per heavy atom. The van der Waals surface area contributed by atoms with Gasteiger partial charge in [-0.1, -0.05) is 12.1 Å². The molecule has 92 valence electrons. The molecule has 0 aliphatic rings. The molecule has 4 nitrogen and oxygen atoms in total. The number of hydrogen-bond acceptors (Lipinski definition) is 2. The summed E-state index contributed by atoms with van der Waals surface area (Å²) in [5, 5.41) is 8.87. The van der Waals surface area contributed by atoms with Gasteiger partial charge >= 0.3 is 5.97 Å². The molecular formula is C12H14BrNO3. The zero-order valence-corrected chi connectivity index (χ0v) is 11.5. The number of hydrogen-bond donors (Lipinski definition) is 1. The van der Waals surface area contributed by atoms with Gasteiger partial charge in [-0.25, -0.2) is 4.79 Å². The number of carbonyl (C=O) groups excluding carboxylic acids is 1. The number of nitrogens with zero attached hydrogens (tertiary/aromatic N) is 1. The average molecular weight is 300 g/mol. The van der Waals surface area contributed by atoms with Gasteiger partial charge in [0.1, 0.15) is 6.04 Å². The maximum Gasteiger partial charge on any atom is 0.326 e. The minimum absolute atomic E-state index is 0.310. The molecule has 1 amide bonds. The Balaban J connectivity index is 3.05. The molecule has 0 heterocycles. The highest BCUT2D eigenvalue weighted by Crippen LogP contribution is 2.22. The standard InChI is InChI=1S/C12H14BrNO3/c1-7-5-4-6-9(10(7)13)11(15)14(3)8(2)12(16)17/h4-6,8H,1-3H3,(H,16,17). The van der Waals surface area contributed by atoms with E-state index in [4.69, 9.17) is 5.11 Å². The van der Waals surface area contributed by atoms with Gasteiger partial charge in [-0.15, -0.1) is 0 Å². The topological polar surface area (TPSA) is 57.6 Å². The molecule has 0 saturated carbocycles. The summed E-state index contributed by atoms with van der Waals surface area (Å²) in [7, 11) is 1.48. The molecular weight excluding hydrogens is 286 g/mol. The van der Waals surface area contributed by atoms with Crippen LogP contribution in [0.1, 0.15) is 22.8 Å². The third-order valence-corrected chi connectivity index (χ3v) is 3.73. The van der Waals surface area contributed by atoms with Crippen LogP contribution in [0.5, 0.6) is 0 Å². The van der Waals surface area contributed by atoms with Gasteiger partial charge in [-0.2, -0.15) is 0 Å². The van der Waals surface area contributed by atoms with Crippen LogP contribution in [0, 0.1) is 6.92 Å². The zero-order chi connectivity index (χ0) is 13.2. The molecule has 0 spiro atoms. The Morgan fingerprint density at radius 3 is 2.53 bits per heavy atom. The second kappa shape index (κ2) is 5.31. The van der Waals surface area contributed by atoms with Gasteiger partial charge in [0.15, 0.2) is 0 Å². The Labute approximate surface area is 108 Å². The first-order valence-electron chi connectivity index (χ1n) is 5.11. The maximum absolute atomic E-state index is 12.1. The van der Waals surface area contributed by atoms with Crippen molar-refractivity contribution < 1.29 is 14.7 Å².